The molecule has 3 heterocycles. The van der Waals surface area contributed by atoms with Gasteiger partial charge in [-0.25, -0.2) is 0 Å². The van der Waals surface area contributed by atoms with Crippen LogP contribution in [0.15, 0.2) is 30.8 Å². The lowest BCUT2D eigenvalue weighted by Gasteiger charge is -2.12. The number of benzene rings is 1. The van der Waals surface area contributed by atoms with E-state index in [4.69, 9.17) is 4.74 Å². The molecule has 0 radical (unpaired) electrons. The van der Waals surface area contributed by atoms with Crippen molar-refractivity contribution in [3.8, 4) is 6.01 Å². The molecule has 0 saturated carbocycles. The summed E-state index contributed by atoms with van der Waals surface area (Å²) in [7, 11) is 0. The van der Waals surface area contributed by atoms with Gasteiger partial charge in [0.2, 0.25) is 5.95 Å². The molecule has 1 aromatic carbocycles. The second kappa shape index (κ2) is 11.0. The van der Waals surface area contributed by atoms with E-state index in [-0.39, 0.29) is 12.0 Å². The Hall–Kier alpha value is -2.84. The molecule has 31 heavy (non-hydrogen) atoms. The monoisotopic (exact) mass is 435 g/mol. The minimum Gasteiger partial charge on any atom is -0.454 e. The highest BCUT2D eigenvalue weighted by Gasteiger charge is 2.29. The Balaban J connectivity index is 1.79. The molecule has 0 atom stereocenters. The molecule has 2 aromatic rings. The molecule has 1 aromatic heterocycles. The zero-order valence-corrected chi connectivity index (χ0v) is 17.5. The van der Waals surface area contributed by atoms with E-state index in [1.54, 1.807) is 0 Å². The van der Waals surface area contributed by atoms with E-state index in [2.05, 4.69) is 32.2 Å². The fourth-order valence-electron chi connectivity index (χ4n) is 3.27. The van der Waals surface area contributed by atoms with E-state index < -0.39 is 12.8 Å². The number of nitrogens with zero attached hydrogens (tertiary/aromatic N) is 3. The van der Waals surface area contributed by atoms with Crippen LogP contribution in [-0.2, 0) is 6.42 Å². The van der Waals surface area contributed by atoms with E-state index in [9.17, 15) is 13.2 Å². The third-order valence-corrected chi connectivity index (χ3v) is 4.92. The van der Waals surface area contributed by atoms with Crippen LogP contribution in [0.4, 0.5) is 19.1 Å². The first kappa shape index (κ1) is 22.8. The zero-order valence-electron chi connectivity index (χ0n) is 17.5. The van der Waals surface area contributed by atoms with Crippen LogP contribution in [0.3, 0.4) is 0 Å². The molecule has 0 aliphatic carbocycles. The largest absolute Gasteiger partial charge is 0.454 e. The third kappa shape index (κ3) is 8.07. The van der Waals surface area contributed by atoms with Crippen molar-refractivity contribution in [3.63, 3.8) is 0 Å². The number of alkyl halides is 3. The van der Waals surface area contributed by atoms with Crippen LogP contribution in [0.2, 0.25) is 0 Å². The van der Waals surface area contributed by atoms with Crippen molar-refractivity contribution in [1.82, 2.24) is 20.3 Å². The maximum Gasteiger partial charge on any atom is 0.422 e. The minimum atomic E-state index is -4.46. The van der Waals surface area contributed by atoms with Gasteiger partial charge in [0, 0.05) is 25.2 Å². The highest BCUT2D eigenvalue weighted by molar-refractivity contribution is 5.61. The Kier molecular flexibility index (Phi) is 8.08. The summed E-state index contributed by atoms with van der Waals surface area (Å²) in [5.74, 6) is 0.576. The first-order valence-corrected chi connectivity index (χ1v) is 10.6. The van der Waals surface area contributed by atoms with Gasteiger partial charge in [0.05, 0.1) is 0 Å². The Morgan fingerprint density at radius 1 is 0.871 bits per heavy atom. The molecule has 2 aliphatic heterocycles. The van der Waals surface area contributed by atoms with Gasteiger partial charge in [-0.2, -0.15) is 28.1 Å². The molecule has 2 N–H and O–H groups in total. The first-order chi connectivity index (χ1) is 14.9. The fraction of sp³-hybridized carbons (Fsp3) is 0.500. The van der Waals surface area contributed by atoms with Gasteiger partial charge in [-0.3, -0.25) is 0 Å². The predicted octanol–water partition coefficient (Wildman–Crippen LogP) is 4.73. The number of ether oxygens (including phenoxy) is 1. The van der Waals surface area contributed by atoms with E-state index >= 15 is 0 Å². The average Bonchev–Trinajstić information content (AvgIpc) is 2.73. The van der Waals surface area contributed by atoms with E-state index in [0.717, 1.165) is 61.9 Å². The number of halogens is 3. The Morgan fingerprint density at radius 2 is 1.52 bits per heavy atom. The van der Waals surface area contributed by atoms with Crippen LogP contribution < -0.4 is 15.4 Å². The Bertz CT molecular complexity index is 855. The molecule has 6 nitrogen and oxygen atoms in total. The highest BCUT2D eigenvalue weighted by atomic mass is 19.4. The van der Waals surface area contributed by atoms with Gasteiger partial charge in [-0.15, -0.1) is 0 Å². The molecule has 0 saturated heterocycles. The summed E-state index contributed by atoms with van der Waals surface area (Å²) in [5.41, 5.74) is 2.79. The highest BCUT2D eigenvalue weighted by Crippen LogP contribution is 2.19. The summed E-state index contributed by atoms with van der Waals surface area (Å²) in [5, 5.41) is 6.46. The lowest BCUT2D eigenvalue weighted by atomic mass is 10.1. The number of fused-ring (bicyclic) bond motifs is 12. The van der Waals surface area contributed by atoms with Crippen LogP contribution in [0.5, 0.6) is 6.01 Å². The average molecular weight is 435 g/mol. The number of hydrogen-bond donors (Lipinski definition) is 2. The molecule has 168 valence electrons. The van der Waals surface area contributed by atoms with Crippen molar-refractivity contribution in [3.05, 3.63) is 47.8 Å². The van der Waals surface area contributed by atoms with E-state index in [0.29, 0.717) is 18.8 Å². The molecular formula is C22H28F3N5O. The number of hydrogen-bond acceptors (Lipinski definition) is 6. The number of rotatable bonds is 2. The quantitative estimate of drug-likeness (QED) is 0.711. The standard InChI is InChI=1S/C22H28F3N5O/c1-16-18-10-8-17(9-11-18)14-19-28-20(30-21(29-19)31-15-22(23,24)25)27-13-7-5-3-2-4-6-12-26-16/h8-11,26H,1-7,12-15H2,(H,27,28,29,30). The number of aromatic nitrogens is 3. The van der Waals surface area contributed by atoms with Gasteiger partial charge < -0.3 is 15.4 Å². The summed E-state index contributed by atoms with van der Waals surface area (Å²) in [6, 6.07) is 7.46. The lowest BCUT2D eigenvalue weighted by molar-refractivity contribution is -0.154. The van der Waals surface area contributed by atoms with Gasteiger partial charge in [0.1, 0.15) is 5.82 Å². The van der Waals surface area contributed by atoms with Gasteiger partial charge in [0.25, 0.3) is 0 Å². The van der Waals surface area contributed by atoms with E-state index in [1.807, 2.05) is 24.3 Å². The second-order valence-electron chi connectivity index (χ2n) is 7.59. The molecule has 4 rings (SSSR count). The van der Waals surface area contributed by atoms with Gasteiger partial charge in [0.15, 0.2) is 6.61 Å². The van der Waals surface area contributed by atoms with Crippen LogP contribution in [0.1, 0.15) is 55.5 Å². The van der Waals surface area contributed by atoms with Crippen LogP contribution in [-0.4, -0.2) is 40.8 Å². The summed E-state index contributed by atoms with van der Waals surface area (Å²) >= 11 is 0. The van der Waals surface area contributed by atoms with Crippen LogP contribution >= 0.6 is 0 Å². The van der Waals surface area contributed by atoms with Crippen molar-refractivity contribution in [2.24, 2.45) is 0 Å². The van der Waals surface area contributed by atoms with Crippen LogP contribution in [0, 0.1) is 0 Å². The smallest absolute Gasteiger partial charge is 0.422 e. The van der Waals surface area contributed by atoms with Crippen LogP contribution in [0.25, 0.3) is 5.70 Å². The summed E-state index contributed by atoms with van der Waals surface area (Å²) in [6.45, 7) is 4.19. The number of nitrogens with one attached hydrogen (secondary N) is 2. The second-order valence-corrected chi connectivity index (χ2v) is 7.59. The Labute approximate surface area is 180 Å². The molecular weight excluding hydrogens is 407 g/mol. The van der Waals surface area contributed by atoms with Crippen molar-refractivity contribution >= 4 is 11.6 Å². The maximum absolute atomic E-state index is 12.6. The molecule has 9 heteroatoms. The lowest BCUT2D eigenvalue weighted by Crippen LogP contribution is -2.21. The molecule has 0 unspecified atom stereocenters. The molecule has 0 fully saturated rings. The predicted molar refractivity (Wildman–Crippen MR) is 114 cm³/mol. The van der Waals surface area contributed by atoms with E-state index in [1.165, 1.54) is 0 Å². The normalized spacial score (nSPS) is 16.4. The summed E-state index contributed by atoms with van der Waals surface area (Å²) in [4.78, 5) is 12.4. The van der Waals surface area contributed by atoms with Crippen molar-refractivity contribution in [1.29, 1.82) is 0 Å². The van der Waals surface area contributed by atoms with Gasteiger partial charge in [-0.05, 0) is 24.0 Å². The number of anilines is 1. The minimum absolute atomic E-state index is 0.231. The molecule has 0 amide bonds. The SMILES string of the molecule is C=C1NCCCCCCCCNc2nc(nc(OCC(F)(F)F)n2)Cc2ccc1cc2. The first-order valence-electron chi connectivity index (χ1n) is 10.6. The van der Waals surface area contributed by atoms with Crippen molar-refractivity contribution in [2.75, 3.05) is 25.0 Å². The molecule has 0 spiro atoms. The maximum atomic E-state index is 12.6. The molecule has 4 bridgehead atoms. The fourth-order valence-corrected chi connectivity index (χ4v) is 3.27. The zero-order chi connectivity index (χ0) is 22.1. The Morgan fingerprint density at radius 3 is 2.19 bits per heavy atom. The molecule has 2 aliphatic rings. The van der Waals surface area contributed by atoms with Gasteiger partial charge in [-0.1, -0.05) is 56.5 Å². The summed E-state index contributed by atoms with van der Waals surface area (Å²) < 4.78 is 42.4. The van der Waals surface area contributed by atoms with Crippen molar-refractivity contribution in [2.45, 2.75) is 51.1 Å². The third-order valence-electron chi connectivity index (χ3n) is 4.92. The topological polar surface area (TPSA) is 72.0 Å². The van der Waals surface area contributed by atoms with Gasteiger partial charge >= 0.3 is 12.2 Å². The van der Waals surface area contributed by atoms with Crippen molar-refractivity contribution < 1.29 is 17.9 Å². The summed E-state index contributed by atoms with van der Waals surface area (Å²) in [6.07, 6.45) is 2.42.